The van der Waals surface area contributed by atoms with Gasteiger partial charge in [0.25, 0.3) is 0 Å². The van der Waals surface area contributed by atoms with Gasteiger partial charge in [-0.25, -0.2) is 0 Å². The Hall–Kier alpha value is -0.720. The second kappa shape index (κ2) is 5.95. The fraction of sp³-hybridized carbons (Fsp3) is 0.727. The smallest absolute Gasteiger partial charge is 0.320 e. The molecule has 0 radical (unpaired) electrons. The van der Waals surface area contributed by atoms with E-state index in [1.807, 2.05) is 4.90 Å². The van der Waals surface area contributed by atoms with Crippen LogP contribution in [0.3, 0.4) is 0 Å². The number of hydrogen-bond acceptors (Lipinski definition) is 5. The molecule has 2 atom stereocenters. The van der Waals surface area contributed by atoms with Crippen LogP contribution in [0.4, 0.5) is 0 Å². The van der Waals surface area contributed by atoms with E-state index in [1.165, 1.54) is 0 Å². The van der Waals surface area contributed by atoms with Gasteiger partial charge in [0.05, 0.1) is 0 Å². The molecule has 0 aliphatic carbocycles. The largest absolute Gasteiger partial charge is 0.480 e. The molecule has 0 aromatic carbocycles. The maximum Gasteiger partial charge on any atom is 0.320 e. The molecule has 1 aliphatic heterocycles. The molecule has 0 saturated carbocycles. The third-order valence-electron chi connectivity index (χ3n) is 3.55. The third-order valence-corrected chi connectivity index (χ3v) is 4.53. The van der Waals surface area contributed by atoms with E-state index in [9.17, 15) is 9.90 Å². The Balaban J connectivity index is 2.07. The standard InChI is InChI=1S/C11H16ClN3O2S/c1-2-7-3-4-15(9(5-7)11(16)17)6-8-10(12)18-14-13-8/h7,9H,2-6H2,1H3,(H,16,17). The molecule has 1 saturated heterocycles. The average Bonchev–Trinajstić information content (AvgIpc) is 2.75. The van der Waals surface area contributed by atoms with Gasteiger partial charge in [-0.2, -0.15) is 0 Å². The molecule has 5 nitrogen and oxygen atoms in total. The molecule has 7 heteroatoms. The molecule has 18 heavy (non-hydrogen) atoms. The Morgan fingerprint density at radius 3 is 3.00 bits per heavy atom. The van der Waals surface area contributed by atoms with Gasteiger partial charge in [0, 0.05) is 18.1 Å². The molecule has 0 spiro atoms. The first-order valence-corrected chi connectivity index (χ1v) is 7.20. The van der Waals surface area contributed by atoms with Crippen LogP contribution in [-0.4, -0.2) is 38.1 Å². The van der Waals surface area contributed by atoms with E-state index in [0.29, 0.717) is 28.9 Å². The number of aliphatic carboxylic acids is 1. The van der Waals surface area contributed by atoms with Crippen molar-refractivity contribution in [3.8, 4) is 0 Å². The molecule has 1 aromatic rings. The lowest BCUT2D eigenvalue weighted by Gasteiger charge is -2.36. The molecule has 1 N–H and O–H groups in total. The summed E-state index contributed by atoms with van der Waals surface area (Å²) >= 11 is 7.10. The van der Waals surface area contributed by atoms with Crippen molar-refractivity contribution < 1.29 is 9.90 Å². The Morgan fingerprint density at radius 1 is 1.67 bits per heavy atom. The average molecular weight is 290 g/mol. The van der Waals surface area contributed by atoms with Crippen molar-refractivity contribution in [2.24, 2.45) is 5.92 Å². The number of piperidine rings is 1. The van der Waals surface area contributed by atoms with E-state index >= 15 is 0 Å². The van der Waals surface area contributed by atoms with Crippen molar-refractivity contribution >= 4 is 29.1 Å². The summed E-state index contributed by atoms with van der Waals surface area (Å²) < 4.78 is 4.33. The third kappa shape index (κ3) is 2.99. The Labute approximate surface area is 115 Å². The van der Waals surface area contributed by atoms with E-state index in [2.05, 4.69) is 16.5 Å². The number of hydrogen-bond donors (Lipinski definition) is 1. The molecule has 0 amide bonds. The number of likely N-dealkylation sites (tertiary alicyclic amines) is 1. The number of aromatic nitrogens is 2. The van der Waals surface area contributed by atoms with Gasteiger partial charge in [-0.1, -0.05) is 29.4 Å². The fourth-order valence-electron chi connectivity index (χ4n) is 2.39. The topological polar surface area (TPSA) is 66.3 Å². The Bertz CT molecular complexity index is 426. The molecule has 2 heterocycles. The minimum Gasteiger partial charge on any atom is -0.480 e. The second-order valence-corrected chi connectivity index (χ2v) is 5.97. The van der Waals surface area contributed by atoms with Crippen LogP contribution in [0.1, 0.15) is 31.9 Å². The van der Waals surface area contributed by atoms with Crippen LogP contribution in [0.2, 0.25) is 4.34 Å². The highest BCUT2D eigenvalue weighted by molar-refractivity contribution is 7.10. The van der Waals surface area contributed by atoms with Crippen molar-refractivity contribution in [3.63, 3.8) is 0 Å². The van der Waals surface area contributed by atoms with Gasteiger partial charge in [0.15, 0.2) is 0 Å². The normalized spacial score (nSPS) is 25.2. The zero-order chi connectivity index (χ0) is 13.1. The van der Waals surface area contributed by atoms with E-state index in [1.54, 1.807) is 0 Å². The molecule has 1 aliphatic rings. The van der Waals surface area contributed by atoms with Crippen molar-refractivity contribution in [1.82, 2.24) is 14.5 Å². The highest BCUT2D eigenvalue weighted by Crippen LogP contribution is 2.28. The highest BCUT2D eigenvalue weighted by Gasteiger charge is 2.33. The number of halogens is 1. The van der Waals surface area contributed by atoms with Gasteiger partial charge in [-0.05, 0) is 25.3 Å². The summed E-state index contributed by atoms with van der Waals surface area (Å²) in [4.78, 5) is 13.3. The summed E-state index contributed by atoms with van der Waals surface area (Å²) in [6.07, 6.45) is 2.78. The predicted octanol–water partition coefficient (Wildman–Crippen LogP) is 2.27. The summed E-state index contributed by atoms with van der Waals surface area (Å²) in [5, 5.41) is 13.3. The quantitative estimate of drug-likeness (QED) is 0.921. The van der Waals surface area contributed by atoms with Gasteiger partial charge >= 0.3 is 5.97 Å². The summed E-state index contributed by atoms with van der Waals surface area (Å²) in [6, 6.07) is -0.429. The van der Waals surface area contributed by atoms with Gasteiger partial charge < -0.3 is 5.11 Å². The number of carboxylic acids is 1. The first-order chi connectivity index (χ1) is 8.61. The lowest BCUT2D eigenvalue weighted by atomic mass is 9.89. The Kier molecular flexibility index (Phi) is 4.53. The number of nitrogens with zero attached hydrogens (tertiary/aromatic N) is 3. The van der Waals surface area contributed by atoms with Crippen LogP contribution < -0.4 is 0 Å². The second-order valence-electron chi connectivity index (χ2n) is 4.62. The van der Waals surface area contributed by atoms with E-state index in [-0.39, 0.29) is 0 Å². The zero-order valence-corrected chi connectivity index (χ0v) is 11.7. The number of carbonyl (C=O) groups is 1. The van der Waals surface area contributed by atoms with Gasteiger partial charge in [0.2, 0.25) is 0 Å². The predicted molar refractivity (Wildman–Crippen MR) is 69.8 cm³/mol. The molecule has 2 rings (SSSR count). The van der Waals surface area contributed by atoms with E-state index < -0.39 is 12.0 Å². The van der Waals surface area contributed by atoms with Crippen LogP contribution in [0.5, 0.6) is 0 Å². The van der Waals surface area contributed by atoms with Crippen LogP contribution in [0, 0.1) is 5.92 Å². The maximum absolute atomic E-state index is 11.3. The van der Waals surface area contributed by atoms with E-state index in [0.717, 1.165) is 30.9 Å². The molecule has 1 fully saturated rings. The molecule has 100 valence electrons. The fourth-order valence-corrected chi connectivity index (χ4v) is 3.00. The summed E-state index contributed by atoms with van der Waals surface area (Å²) in [7, 11) is 0. The van der Waals surface area contributed by atoms with Gasteiger partial charge in [0.1, 0.15) is 16.1 Å². The molecular weight excluding hydrogens is 274 g/mol. The van der Waals surface area contributed by atoms with Crippen LogP contribution in [-0.2, 0) is 11.3 Å². The molecule has 1 aromatic heterocycles. The Morgan fingerprint density at radius 2 is 2.44 bits per heavy atom. The van der Waals surface area contributed by atoms with Crippen LogP contribution in [0.15, 0.2) is 0 Å². The maximum atomic E-state index is 11.3. The SMILES string of the molecule is CCC1CCN(Cc2nnsc2Cl)C(C(=O)O)C1. The highest BCUT2D eigenvalue weighted by atomic mass is 35.5. The molecule has 0 bridgehead atoms. The number of rotatable bonds is 4. The van der Waals surface area contributed by atoms with Crippen molar-refractivity contribution in [3.05, 3.63) is 10.0 Å². The van der Waals surface area contributed by atoms with Crippen molar-refractivity contribution in [1.29, 1.82) is 0 Å². The van der Waals surface area contributed by atoms with Gasteiger partial charge in [-0.15, -0.1) is 5.10 Å². The summed E-state index contributed by atoms with van der Waals surface area (Å²) in [6.45, 7) is 3.37. The van der Waals surface area contributed by atoms with Crippen molar-refractivity contribution in [2.75, 3.05) is 6.54 Å². The van der Waals surface area contributed by atoms with Crippen LogP contribution >= 0.6 is 23.1 Å². The minimum absolute atomic E-state index is 0.429. The lowest BCUT2D eigenvalue weighted by Crippen LogP contribution is -2.46. The first-order valence-electron chi connectivity index (χ1n) is 6.05. The summed E-state index contributed by atoms with van der Waals surface area (Å²) in [5.41, 5.74) is 0.683. The van der Waals surface area contributed by atoms with Crippen molar-refractivity contribution in [2.45, 2.75) is 38.8 Å². The zero-order valence-electron chi connectivity index (χ0n) is 10.2. The molecule has 2 unspecified atom stereocenters. The minimum atomic E-state index is -0.757. The molecular formula is C11H16ClN3O2S. The monoisotopic (exact) mass is 289 g/mol. The van der Waals surface area contributed by atoms with E-state index in [4.69, 9.17) is 11.6 Å². The first kappa shape index (κ1) is 13.7. The summed E-state index contributed by atoms with van der Waals surface area (Å²) in [5.74, 6) is -0.251. The van der Waals surface area contributed by atoms with Gasteiger partial charge in [-0.3, -0.25) is 9.69 Å². The lowest BCUT2D eigenvalue weighted by molar-refractivity contribution is -0.145. The number of carboxylic acid groups (broad SMARTS) is 1. The van der Waals surface area contributed by atoms with Crippen LogP contribution in [0.25, 0.3) is 0 Å².